The highest BCUT2D eigenvalue weighted by Gasteiger charge is 2.21. The molecule has 1 nitrogen and oxygen atoms in total. The predicted molar refractivity (Wildman–Crippen MR) is 62.0 cm³/mol. The van der Waals surface area contributed by atoms with E-state index in [1.165, 1.54) is 5.57 Å². The van der Waals surface area contributed by atoms with Crippen molar-refractivity contribution in [3.63, 3.8) is 0 Å². The molecule has 0 spiro atoms. The summed E-state index contributed by atoms with van der Waals surface area (Å²) in [6, 6.07) is 1.18. The van der Waals surface area contributed by atoms with Gasteiger partial charge in [0, 0.05) is 19.3 Å². The van der Waals surface area contributed by atoms with Gasteiger partial charge in [-0.1, -0.05) is 24.8 Å². The van der Waals surface area contributed by atoms with Crippen LogP contribution < -0.4 is 5.32 Å². The molecule has 0 aromatic heterocycles. The lowest BCUT2D eigenvalue weighted by Crippen LogP contribution is -2.95. The standard InChI is InChI=1S/C13H19N/c1-4-7-12-9-11(6-3)10-13(14-12)8-5-2/h4-6,9,12-14H,1-3,7-8,10H2/p+1/t12-,13+/m0/s1. The normalized spacial score (nSPS) is 26.4. The topological polar surface area (TPSA) is 16.6 Å². The van der Waals surface area contributed by atoms with Crippen molar-refractivity contribution < 1.29 is 5.32 Å². The van der Waals surface area contributed by atoms with Crippen LogP contribution in [-0.4, -0.2) is 12.1 Å². The lowest BCUT2D eigenvalue weighted by Gasteiger charge is -2.24. The van der Waals surface area contributed by atoms with Crippen LogP contribution in [0.3, 0.4) is 0 Å². The van der Waals surface area contributed by atoms with Crippen LogP contribution in [0.2, 0.25) is 0 Å². The molecule has 0 bridgehead atoms. The summed E-state index contributed by atoms with van der Waals surface area (Å²) in [5.74, 6) is 0. The molecule has 0 aromatic rings. The molecule has 1 aliphatic heterocycles. The fourth-order valence-corrected chi connectivity index (χ4v) is 1.99. The quantitative estimate of drug-likeness (QED) is 0.638. The number of hydrogen-bond donors (Lipinski definition) is 1. The van der Waals surface area contributed by atoms with E-state index in [9.17, 15) is 0 Å². The highest BCUT2D eigenvalue weighted by molar-refractivity contribution is 5.20. The summed E-state index contributed by atoms with van der Waals surface area (Å²) in [6.07, 6.45) is 11.5. The number of nitrogens with two attached hydrogens (primary N) is 1. The first-order valence-corrected chi connectivity index (χ1v) is 5.20. The molecule has 1 rings (SSSR count). The largest absolute Gasteiger partial charge is 0.337 e. The van der Waals surface area contributed by atoms with Gasteiger partial charge in [0.15, 0.2) is 0 Å². The van der Waals surface area contributed by atoms with E-state index in [-0.39, 0.29) is 0 Å². The Morgan fingerprint density at radius 1 is 1.29 bits per heavy atom. The van der Waals surface area contributed by atoms with E-state index in [1.807, 2.05) is 18.2 Å². The molecule has 1 heterocycles. The molecule has 2 N–H and O–H groups in total. The lowest BCUT2D eigenvalue weighted by molar-refractivity contribution is -0.713. The van der Waals surface area contributed by atoms with Gasteiger partial charge < -0.3 is 5.32 Å². The summed E-state index contributed by atoms with van der Waals surface area (Å²) in [4.78, 5) is 0. The smallest absolute Gasteiger partial charge is 0.109 e. The van der Waals surface area contributed by atoms with Crippen LogP contribution >= 0.6 is 0 Å². The van der Waals surface area contributed by atoms with E-state index >= 15 is 0 Å². The summed E-state index contributed by atoms with van der Waals surface area (Å²) in [7, 11) is 0. The Morgan fingerprint density at radius 2 is 2.00 bits per heavy atom. The van der Waals surface area contributed by atoms with Gasteiger partial charge in [-0.3, -0.25) is 0 Å². The summed E-state index contributed by atoms with van der Waals surface area (Å²) >= 11 is 0. The van der Waals surface area contributed by atoms with Crippen LogP contribution in [0.25, 0.3) is 0 Å². The zero-order valence-corrected chi connectivity index (χ0v) is 8.78. The maximum Gasteiger partial charge on any atom is 0.109 e. The molecule has 0 unspecified atom stereocenters. The van der Waals surface area contributed by atoms with E-state index in [1.54, 1.807) is 0 Å². The molecule has 0 amide bonds. The maximum atomic E-state index is 3.84. The molecule has 1 heteroatoms. The van der Waals surface area contributed by atoms with Gasteiger partial charge in [0.25, 0.3) is 0 Å². The van der Waals surface area contributed by atoms with Crippen LogP contribution in [-0.2, 0) is 0 Å². The first kappa shape index (κ1) is 11.0. The van der Waals surface area contributed by atoms with Gasteiger partial charge in [-0.15, -0.1) is 13.2 Å². The molecule has 1 aliphatic rings. The van der Waals surface area contributed by atoms with Crippen molar-refractivity contribution in [2.75, 3.05) is 0 Å². The third-order valence-corrected chi connectivity index (χ3v) is 2.62. The Balaban J connectivity index is 2.64. The van der Waals surface area contributed by atoms with Crippen molar-refractivity contribution in [2.45, 2.75) is 31.3 Å². The van der Waals surface area contributed by atoms with E-state index in [2.05, 4.69) is 31.1 Å². The SMILES string of the molecule is C=CC[C@@H]1CC(C=C)=C[C@H](CC=C)[NH2+]1. The van der Waals surface area contributed by atoms with Crippen LogP contribution in [0.15, 0.2) is 49.6 Å². The Bertz CT molecular complexity index is 250. The molecule has 14 heavy (non-hydrogen) atoms. The van der Waals surface area contributed by atoms with Gasteiger partial charge in [0.05, 0.1) is 6.04 Å². The van der Waals surface area contributed by atoms with E-state index in [0.717, 1.165) is 19.3 Å². The van der Waals surface area contributed by atoms with Crippen molar-refractivity contribution in [3.05, 3.63) is 49.6 Å². The predicted octanol–water partition coefficient (Wildman–Crippen LogP) is 1.96. The fourth-order valence-electron chi connectivity index (χ4n) is 1.99. The molecule has 0 saturated heterocycles. The first-order chi connectivity index (χ1) is 6.80. The van der Waals surface area contributed by atoms with Crippen molar-refractivity contribution in [1.29, 1.82) is 0 Å². The van der Waals surface area contributed by atoms with E-state index < -0.39 is 0 Å². The number of quaternary nitrogens is 1. The second-order valence-electron chi connectivity index (χ2n) is 3.81. The Morgan fingerprint density at radius 3 is 2.57 bits per heavy atom. The number of allylic oxidation sites excluding steroid dienone is 1. The van der Waals surface area contributed by atoms with Gasteiger partial charge in [-0.2, -0.15) is 0 Å². The third kappa shape index (κ3) is 3.00. The second-order valence-corrected chi connectivity index (χ2v) is 3.81. The van der Waals surface area contributed by atoms with Gasteiger partial charge in [0.1, 0.15) is 6.04 Å². The molecular weight excluding hydrogens is 170 g/mol. The number of rotatable bonds is 5. The van der Waals surface area contributed by atoms with E-state index in [4.69, 9.17) is 0 Å². The van der Waals surface area contributed by atoms with Gasteiger partial charge in [-0.05, 0) is 11.6 Å². The Labute approximate surface area is 86.9 Å². The monoisotopic (exact) mass is 190 g/mol. The molecule has 0 aliphatic carbocycles. The molecule has 0 aromatic carbocycles. The maximum absolute atomic E-state index is 3.84. The Kier molecular flexibility index (Phi) is 4.41. The molecule has 0 fully saturated rings. The second kappa shape index (κ2) is 5.61. The average Bonchev–Trinajstić information content (AvgIpc) is 2.18. The first-order valence-electron chi connectivity index (χ1n) is 5.20. The van der Waals surface area contributed by atoms with Gasteiger partial charge in [-0.25, -0.2) is 0 Å². The van der Waals surface area contributed by atoms with Crippen molar-refractivity contribution >= 4 is 0 Å². The minimum absolute atomic E-state index is 0.541. The van der Waals surface area contributed by atoms with Crippen LogP contribution in [0.4, 0.5) is 0 Å². The van der Waals surface area contributed by atoms with E-state index in [0.29, 0.717) is 12.1 Å². The van der Waals surface area contributed by atoms with Crippen molar-refractivity contribution in [1.82, 2.24) is 0 Å². The van der Waals surface area contributed by atoms with Crippen LogP contribution in [0.1, 0.15) is 19.3 Å². The molecule has 0 radical (unpaired) electrons. The van der Waals surface area contributed by atoms with Crippen molar-refractivity contribution in [3.8, 4) is 0 Å². The number of hydrogen-bond acceptors (Lipinski definition) is 0. The summed E-state index contributed by atoms with van der Waals surface area (Å²) < 4.78 is 0. The molecule has 0 saturated carbocycles. The highest BCUT2D eigenvalue weighted by atomic mass is 15.0. The minimum Gasteiger partial charge on any atom is -0.337 e. The van der Waals surface area contributed by atoms with Crippen LogP contribution in [0.5, 0.6) is 0 Å². The molecular formula is C13H20N+. The van der Waals surface area contributed by atoms with Crippen LogP contribution in [0, 0.1) is 0 Å². The van der Waals surface area contributed by atoms with Gasteiger partial charge in [0.2, 0.25) is 0 Å². The fraction of sp³-hybridized carbons (Fsp3) is 0.385. The zero-order valence-electron chi connectivity index (χ0n) is 8.78. The summed E-state index contributed by atoms with van der Waals surface area (Å²) in [5, 5.41) is 2.41. The molecule has 2 atom stereocenters. The van der Waals surface area contributed by atoms with Crippen molar-refractivity contribution in [2.24, 2.45) is 0 Å². The highest BCUT2D eigenvalue weighted by Crippen LogP contribution is 2.13. The summed E-state index contributed by atoms with van der Waals surface area (Å²) in [5.41, 5.74) is 1.37. The lowest BCUT2D eigenvalue weighted by atomic mass is 9.94. The summed E-state index contributed by atoms with van der Waals surface area (Å²) in [6.45, 7) is 11.4. The average molecular weight is 190 g/mol. The third-order valence-electron chi connectivity index (χ3n) is 2.62. The molecule has 76 valence electrons. The van der Waals surface area contributed by atoms with Gasteiger partial charge >= 0.3 is 0 Å². The zero-order chi connectivity index (χ0) is 10.4. The minimum atomic E-state index is 0.541. The Hall–Kier alpha value is -1.08.